The Morgan fingerprint density at radius 2 is 1.45 bits per heavy atom. The first-order valence-corrected chi connectivity index (χ1v) is 9.68. The molecule has 0 bridgehead atoms. The van der Waals surface area contributed by atoms with E-state index in [4.69, 9.17) is 23.2 Å². The standard InChI is InChI=1S/C23H16Cl2N2O2/c1-14-13-17(25)11-12-19(14)26-21-20(15-7-9-16(24)10-8-15)22(28)27(23(21)29)18-5-3-2-4-6-18/h2-13,26H,1H3. The number of nitrogens with one attached hydrogen (secondary N) is 1. The Labute approximate surface area is 178 Å². The number of imide groups is 1. The molecule has 0 radical (unpaired) electrons. The molecule has 1 aliphatic heterocycles. The highest BCUT2D eigenvalue weighted by Crippen LogP contribution is 2.34. The Balaban J connectivity index is 1.84. The van der Waals surface area contributed by atoms with Crippen molar-refractivity contribution in [2.24, 2.45) is 0 Å². The number of aryl methyl sites for hydroxylation is 1. The summed E-state index contributed by atoms with van der Waals surface area (Å²) in [4.78, 5) is 27.8. The number of benzene rings is 3. The van der Waals surface area contributed by atoms with Gasteiger partial charge in [0.1, 0.15) is 5.70 Å². The molecule has 144 valence electrons. The topological polar surface area (TPSA) is 49.4 Å². The van der Waals surface area contributed by atoms with E-state index >= 15 is 0 Å². The van der Waals surface area contributed by atoms with Crippen molar-refractivity contribution in [2.45, 2.75) is 6.92 Å². The second kappa shape index (κ2) is 7.74. The average molecular weight is 423 g/mol. The lowest BCUT2D eigenvalue weighted by Crippen LogP contribution is -2.32. The Bertz CT molecular complexity index is 1140. The van der Waals surface area contributed by atoms with Crippen LogP contribution in [0.5, 0.6) is 0 Å². The molecule has 0 aromatic heterocycles. The second-order valence-corrected chi connectivity index (χ2v) is 7.50. The highest BCUT2D eigenvalue weighted by Gasteiger charge is 2.40. The van der Waals surface area contributed by atoms with Crippen LogP contribution in [-0.2, 0) is 9.59 Å². The van der Waals surface area contributed by atoms with Gasteiger partial charge in [-0.15, -0.1) is 0 Å². The number of para-hydroxylation sites is 1. The average Bonchev–Trinajstić information content (AvgIpc) is 2.95. The van der Waals surface area contributed by atoms with Gasteiger partial charge in [0.05, 0.1) is 11.3 Å². The molecule has 6 heteroatoms. The molecule has 0 aliphatic carbocycles. The van der Waals surface area contributed by atoms with Gasteiger partial charge in [0.15, 0.2) is 0 Å². The monoisotopic (exact) mass is 422 g/mol. The van der Waals surface area contributed by atoms with Crippen LogP contribution < -0.4 is 10.2 Å². The molecule has 3 aromatic carbocycles. The number of halogens is 2. The van der Waals surface area contributed by atoms with E-state index in [2.05, 4.69) is 5.32 Å². The number of carbonyl (C=O) groups is 2. The Morgan fingerprint density at radius 1 is 0.793 bits per heavy atom. The molecule has 1 heterocycles. The Hall–Kier alpha value is -3.08. The van der Waals surface area contributed by atoms with Crippen LogP contribution in [0, 0.1) is 6.92 Å². The maximum Gasteiger partial charge on any atom is 0.282 e. The molecule has 0 saturated carbocycles. The predicted octanol–water partition coefficient (Wildman–Crippen LogP) is 5.70. The van der Waals surface area contributed by atoms with Crippen LogP contribution in [0.2, 0.25) is 10.0 Å². The van der Waals surface area contributed by atoms with Gasteiger partial charge in [0, 0.05) is 15.7 Å². The maximum absolute atomic E-state index is 13.3. The van der Waals surface area contributed by atoms with Crippen molar-refractivity contribution in [3.8, 4) is 0 Å². The molecule has 1 N–H and O–H groups in total. The molecule has 1 aliphatic rings. The summed E-state index contributed by atoms with van der Waals surface area (Å²) >= 11 is 12.0. The van der Waals surface area contributed by atoms with Crippen LogP contribution >= 0.6 is 23.2 Å². The van der Waals surface area contributed by atoms with Crippen molar-refractivity contribution in [2.75, 3.05) is 10.2 Å². The summed E-state index contributed by atoms with van der Waals surface area (Å²) in [6.45, 7) is 1.88. The first-order chi connectivity index (χ1) is 14.0. The zero-order valence-corrected chi connectivity index (χ0v) is 17.0. The minimum absolute atomic E-state index is 0.214. The lowest BCUT2D eigenvalue weighted by atomic mass is 10.0. The van der Waals surface area contributed by atoms with Crippen molar-refractivity contribution < 1.29 is 9.59 Å². The third-order valence-electron chi connectivity index (χ3n) is 4.68. The minimum atomic E-state index is -0.416. The van der Waals surface area contributed by atoms with Gasteiger partial charge in [0.25, 0.3) is 11.8 Å². The van der Waals surface area contributed by atoms with E-state index in [1.54, 1.807) is 66.7 Å². The maximum atomic E-state index is 13.3. The number of carbonyl (C=O) groups excluding carboxylic acids is 2. The molecule has 0 fully saturated rings. The molecular weight excluding hydrogens is 407 g/mol. The Morgan fingerprint density at radius 3 is 2.10 bits per heavy atom. The van der Waals surface area contributed by atoms with Crippen molar-refractivity contribution >= 4 is 52.0 Å². The van der Waals surface area contributed by atoms with Gasteiger partial charge in [0.2, 0.25) is 0 Å². The number of rotatable bonds is 4. The number of anilines is 2. The van der Waals surface area contributed by atoms with Crippen molar-refractivity contribution in [3.63, 3.8) is 0 Å². The fraction of sp³-hybridized carbons (Fsp3) is 0.0435. The van der Waals surface area contributed by atoms with Gasteiger partial charge in [-0.3, -0.25) is 9.59 Å². The lowest BCUT2D eigenvalue weighted by molar-refractivity contribution is -0.120. The summed E-state index contributed by atoms with van der Waals surface area (Å²) in [5.41, 5.74) is 3.20. The summed E-state index contributed by atoms with van der Waals surface area (Å²) in [7, 11) is 0. The fourth-order valence-electron chi connectivity index (χ4n) is 3.24. The molecule has 0 saturated heterocycles. The van der Waals surface area contributed by atoms with E-state index in [0.29, 0.717) is 32.6 Å². The molecule has 0 atom stereocenters. The SMILES string of the molecule is Cc1cc(Cl)ccc1NC1=C(c2ccc(Cl)cc2)C(=O)N(c2ccccc2)C1=O. The summed E-state index contributed by atoms with van der Waals surface area (Å²) in [6.07, 6.45) is 0. The summed E-state index contributed by atoms with van der Waals surface area (Å²) in [6, 6.07) is 21.0. The fourth-order valence-corrected chi connectivity index (χ4v) is 3.60. The first kappa shape index (κ1) is 19.2. The highest BCUT2D eigenvalue weighted by molar-refractivity contribution is 6.46. The molecule has 4 rings (SSSR count). The van der Waals surface area contributed by atoms with Crippen molar-refractivity contribution in [1.29, 1.82) is 0 Å². The number of nitrogens with zero attached hydrogens (tertiary/aromatic N) is 1. The summed E-state index contributed by atoms with van der Waals surface area (Å²) in [5, 5.41) is 4.30. The van der Waals surface area contributed by atoms with Crippen LogP contribution in [0.25, 0.3) is 5.57 Å². The number of hydrogen-bond donors (Lipinski definition) is 1. The number of hydrogen-bond acceptors (Lipinski definition) is 3. The van der Waals surface area contributed by atoms with E-state index in [1.807, 2.05) is 13.0 Å². The van der Waals surface area contributed by atoms with Gasteiger partial charge in [-0.1, -0.05) is 53.5 Å². The molecule has 0 spiro atoms. The van der Waals surface area contributed by atoms with Crippen LogP contribution in [0.3, 0.4) is 0 Å². The smallest absolute Gasteiger partial charge is 0.282 e. The van der Waals surface area contributed by atoms with Crippen molar-refractivity contribution in [1.82, 2.24) is 0 Å². The van der Waals surface area contributed by atoms with Crippen LogP contribution in [0.4, 0.5) is 11.4 Å². The summed E-state index contributed by atoms with van der Waals surface area (Å²) in [5.74, 6) is -0.807. The molecular formula is C23H16Cl2N2O2. The molecule has 3 aromatic rings. The third kappa shape index (κ3) is 3.65. The lowest BCUT2D eigenvalue weighted by Gasteiger charge is -2.15. The van der Waals surface area contributed by atoms with E-state index in [0.717, 1.165) is 5.56 Å². The molecule has 0 unspecified atom stereocenters. The zero-order chi connectivity index (χ0) is 20.5. The second-order valence-electron chi connectivity index (χ2n) is 6.62. The van der Waals surface area contributed by atoms with Crippen LogP contribution in [-0.4, -0.2) is 11.8 Å². The highest BCUT2D eigenvalue weighted by atomic mass is 35.5. The minimum Gasteiger partial charge on any atom is -0.350 e. The quantitative estimate of drug-likeness (QED) is 0.548. The van der Waals surface area contributed by atoms with Gasteiger partial charge < -0.3 is 5.32 Å². The van der Waals surface area contributed by atoms with Gasteiger partial charge in [-0.25, -0.2) is 4.90 Å². The van der Waals surface area contributed by atoms with E-state index in [-0.39, 0.29) is 5.70 Å². The molecule has 4 nitrogen and oxygen atoms in total. The summed E-state index contributed by atoms with van der Waals surface area (Å²) < 4.78 is 0. The third-order valence-corrected chi connectivity index (χ3v) is 5.17. The van der Waals surface area contributed by atoms with E-state index in [1.165, 1.54) is 4.90 Å². The zero-order valence-electron chi connectivity index (χ0n) is 15.4. The molecule has 2 amide bonds. The van der Waals surface area contributed by atoms with Crippen LogP contribution in [0.1, 0.15) is 11.1 Å². The van der Waals surface area contributed by atoms with E-state index < -0.39 is 11.8 Å². The largest absolute Gasteiger partial charge is 0.350 e. The van der Waals surface area contributed by atoms with Gasteiger partial charge >= 0.3 is 0 Å². The normalized spacial score (nSPS) is 14.0. The molecule has 29 heavy (non-hydrogen) atoms. The first-order valence-electron chi connectivity index (χ1n) is 8.93. The predicted molar refractivity (Wildman–Crippen MR) is 117 cm³/mol. The van der Waals surface area contributed by atoms with Gasteiger partial charge in [-0.05, 0) is 60.5 Å². The van der Waals surface area contributed by atoms with Crippen LogP contribution in [0.15, 0.2) is 78.5 Å². The van der Waals surface area contributed by atoms with Gasteiger partial charge in [-0.2, -0.15) is 0 Å². The van der Waals surface area contributed by atoms with E-state index in [9.17, 15) is 9.59 Å². The Kier molecular flexibility index (Phi) is 5.14. The van der Waals surface area contributed by atoms with Crippen molar-refractivity contribution in [3.05, 3.63) is 99.7 Å². The number of amides is 2.